The van der Waals surface area contributed by atoms with Crippen LogP contribution in [0.5, 0.6) is 0 Å². The Morgan fingerprint density at radius 3 is 2.60 bits per heavy atom. The van der Waals surface area contributed by atoms with Crippen LogP contribution in [0.15, 0.2) is 6.07 Å². The van der Waals surface area contributed by atoms with Crippen LogP contribution in [0.4, 0.5) is 5.82 Å². The van der Waals surface area contributed by atoms with Gasteiger partial charge < -0.3 is 14.8 Å². The number of aromatic nitrogens is 1. The third-order valence-electron chi connectivity index (χ3n) is 4.49. The number of carbonyl (C=O) groups excluding carboxylic acids is 1. The molecule has 1 amide bonds. The topological polar surface area (TPSA) is 80.3 Å². The van der Waals surface area contributed by atoms with Gasteiger partial charge in [0.2, 0.25) is 0 Å². The van der Waals surface area contributed by atoms with E-state index < -0.39 is 11.4 Å². The molecule has 7 heteroatoms. The van der Waals surface area contributed by atoms with E-state index in [1.165, 1.54) is 0 Å². The second-order valence-corrected chi connectivity index (χ2v) is 9.74. The third kappa shape index (κ3) is 4.27. The number of amides is 1. The summed E-state index contributed by atoms with van der Waals surface area (Å²) >= 11 is -1.21. The second kappa shape index (κ2) is 7.51. The van der Waals surface area contributed by atoms with Crippen molar-refractivity contribution in [2.24, 2.45) is 0 Å². The minimum absolute atomic E-state index is 0.0659. The Hall–Kier alpha value is -1.31. The van der Waals surface area contributed by atoms with E-state index in [1.807, 2.05) is 45.7 Å². The number of pyridine rings is 1. The van der Waals surface area contributed by atoms with E-state index in [1.54, 1.807) is 0 Å². The molecule has 0 bridgehead atoms. The Balaban J connectivity index is 2.47. The van der Waals surface area contributed by atoms with E-state index in [4.69, 9.17) is 4.98 Å². The summed E-state index contributed by atoms with van der Waals surface area (Å²) in [5, 5.41) is 2.88. The Bertz CT molecular complexity index is 643. The molecule has 2 rings (SSSR count). The molecule has 1 unspecified atom stereocenters. The highest BCUT2D eigenvalue weighted by Gasteiger charge is 2.33. The molecule has 0 aliphatic carbocycles. The summed E-state index contributed by atoms with van der Waals surface area (Å²) in [6.45, 7) is 12.5. The summed E-state index contributed by atoms with van der Waals surface area (Å²) < 4.78 is 15.4. The molecule has 1 aromatic heterocycles. The molecule has 0 saturated heterocycles. The van der Waals surface area contributed by atoms with Gasteiger partial charge in [-0.3, -0.25) is 4.79 Å². The quantitative estimate of drug-likeness (QED) is 0.757. The molecular weight excluding hydrogens is 336 g/mol. The van der Waals surface area contributed by atoms with Gasteiger partial charge in [-0.25, -0.2) is 4.98 Å². The molecule has 1 aliphatic rings. The molecule has 1 aliphatic heterocycles. The highest BCUT2D eigenvalue weighted by Crippen LogP contribution is 2.31. The molecule has 0 aromatic carbocycles. The summed E-state index contributed by atoms with van der Waals surface area (Å²) in [5.41, 5.74) is 2.41. The number of hydrogen-bond donors (Lipinski definition) is 2. The van der Waals surface area contributed by atoms with Crippen LogP contribution in [-0.4, -0.2) is 33.3 Å². The van der Waals surface area contributed by atoms with Crippen molar-refractivity contribution in [2.45, 2.75) is 71.3 Å². The number of anilines is 1. The number of carbonyl (C=O) groups is 1. The number of nitrogens with one attached hydrogen (secondary N) is 2. The van der Waals surface area contributed by atoms with Crippen LogP contribution in [0.3, 0.4) is 0 Å². The van der Waals surface area contributed by atoms with Gasteiger partial charge in [-0.15, -0.1) is 4.72 Å². The fraction of sp³-hybridized carbons (Fsp3) is 0.667. The van der Waals surface area contributed by atoms with Crippen molar-refractivity contribution in [3.63, 3.8) is 0 Å². The molecule has 2 N–H and O–H groups in total. The van der Waals surface area contributed by atoms with E-state index in [0.29, 0.717) is 12.1 Å². The highest BCUT2D eigenvalue weighted by atomic mass is 32.2. The van der Waals surface area contributed by atoms with Gasteiger partial charge in [-0.2, -0.15) is 0 Å². The highest BCUT2D eigenvalue weighted by molar-refractivity contribution is 7.90. The van der Waals surface area contributed by atoms with Gasteiger partial charge in [0, 0.05) is 42.1 Å². The molecule has 0 fully saturated rings. The number of fused-ring (bicyclic) bond motifs is 1. The van der Waals surface area contributed by atoms with Gasteiger partial charge in [0.15, 0.2) is 0 Å². The standard InChI is InChI=1S/C18H30N4O2S/c1-8-14(21-25(24)18(4,5)6)16-13-10-19-17(23)12(13)9-15(20-16)22(7)11(2)3/h9,11,14,21H,8,10H2,1-7H3,(H,19,23)/t14?,25-/m0/s1. The maximum atomic E-state index is 12.6. The van der Waals surface area contributed by atoms with Crippen LogP contribution < -0.4 is 14.9 Å². The van der Waals surface area contributed by atoms with Crippen molar-refractivity contribution < 1.29 is 9.35 Å². The normalized spacial score (nSPS) is 16.6. The average molecular weight is 367 g/mol. The molecule has 0 saturated carbocycles. The minimum atomic E-state index is -1.21. The van der Waals surface area contributed by atoms with E-state index in [0.717, 1.165) is 23.5 Å². The smallest absolute Gasteiger partial charge is 0.252 e. The zero-order valence-corrected chi connectivity index (χ0v) is 17.1. The lowest BCUT2D eigenvalue weighted by Crippen LogP contribution is -2.41. The van der Waals surface area contributed by atoms with Crippen molar-refractivity contribution >= 4 is 23.1 Å². The Kier molecular flexibility index (Phi) is 6.01. The van der Waals surface area contributed by atoms with E-state index in [2.05, 4.69) is 23.9 Å². The molecule has 0 spiro atoms. The Morgan fingerprint density at radius 1 is 1.44 bits per heavy atom. The zero-order chi connectivity index (χ0) is 18.9. The van der Waals surface area contributed by atoms with Crippen LogP contribution >= 0.6 is 0 Å². The minimum Gasteiger partial charge on any atom is -0.598 e. The maximum absolute atomic E-state index is 12.6. The van der Waals surface area contributed by atoms with E-state index >= 15 is 0 Å². The van der Waals surface area contributed by atoms with Crippen molar-refractivity contribution in [1.82, 2.24) is 15.0 Å². The lowest BCUT2D eigenvalue weighted by atomic mass is 10.0. The first-order valence-electron chi connectivity index (χ1n) is 8.79. The predicted molar refractivity (Wildman–Crippen MR) is 103 cm³/mol. The Labute approximate surface area is 154 Å². The van der Waals surface area contributed by atoms with Gasteiger partial charge in [0.25, 0.3) is 5.91 Å². The predicted octanol–water partition coefficient (Wildman–Crippen LogP) is 2.67. The summed E-state index contributed by atoms with van der Waals surface area (Å²) in [6.07, 6.45) is 0.740. The van der Waals surface area contributed by atoms with Crippen LogP contribution in [0.2, 0.25) is 0 Å². The molecule has 0 radical (unpaired) electrons. The van der Waals surface area contributed by atoms with Crippen LogP contribution in [0.25, 0.3) is 0 Å². The molecule has 1 aromatic rings. The van der Waals surface area contributed by atoms with Crippen molar-refractivity contribution in [2.75, 3.05) is 11.9 Å². The average Bonchev–Trinajstić information content (AvgIpc) is 2.91. The lowest BCUT2D eigenvalue weighted by Gasteiger charge is -2.29. The monoisotopic (exact) mass is 366 g/mol. The fourth-order valence-corrected chi connectivity index (χ4v) is 3.49. The molecule has 140 valence electrons. The Morgan fingerprint density at radius 2 is 2.08 bits per heavy atom. The van der Waals surface area contributed by atoms with Crippen molar-refractivity contribution in [1.29, 1.82) is 0 Å². The van der Waals surface area contributed by atoms with Crippen LogP contribution in [0.1, 0.15) is 75.6 Å². The summed E-state index contributed by atoms with van der Waals surface area (Å²) in [7, 11) is 1.97. The SMILES string of the molecule is CCC(N[S@@+]([O-])C(C)(C)C)c1nc(N(C)C(C)C)cc2c1CNC2=O. The van der Waals surface area contributed by atoms with Gasteiger partial charge in [0.1, 0.15) is 10.6 Å². The van der Waals surface area contributed by atoms with Crippen LogP contribution in [0, 0.1) is 0 Å². The third-order valence-corrected chi connectivity index (χ3v) is 6.10. The van der Waals surface area contributed by atoms with Gasteiger partial charge in [-0.1, -0.05) is 6.92 Å². The van der Waals surface area contributed by atoms with Crippen molar-refractivity contribution in [3.05, 3.63) is 22.9 Å². The maximum Gasteiger partial charge on any atom is 0.252 e. The fourth-order valence-electron chi connectivity index (χ4n) is 2.60. The van der Waals surface area contributed by atoms with Crippen molar-refractivity contribution in [3.8, 4) is 0 Å². The largest absolute Gasteiger partial charge is 0.598 e. The number of hydrogen-bond acceptors (Lipinski definition) is 5. The van der Waals surface area contributed by atoms with Crippen LogP contribution in [-0.2, 0) is 17.9 Å². The number of rotatable bonds is 6. The molecular formula is C18H30N4O2S. The molecule has 2 heterocycles. The lowest BCUT2D eigenvalue weighted by molar-refractivity contribution is 0.0965. The van der Waals surface area contributed by atoms with Gasteiger partial charge >= 0.3 is 0 Å². The van der Waals surface area contributed by atoms with E-state index in [-0.39, 0.29) is 22.7 Å². The first kappa shape index (κ1) is 20.0. The first-order chi connectivity index (χ1) is 11.6. The summed E-state index contributed by atoms with van der Waals surface area (Å²) in [6, 6.07) is 1.95. The summed E-state index contributed by atoms with van der Waals surface area (Å²) in [4.78, 5) is 19.1. The van der Waals surface area contributed by atoms with Gasteiger partial charge in [0.05, 0.1) is 11.7 Å². The second-order valence-electron chi connectivity index (χ2n) is 7.74. The number of nitrogens with zero attached hydrogens (tertiary/aromatic N) is 2. The molecule has 2 atom stereocenters. The first-order valence-corrected chi connectivity index (χ1v) is 9.94. The zero-order valence-electron chi connectivity index (χ0n) is 16.3. The van der Waals surface area contributed by atoms with E-state index in [9.17, 15) is 9.35 Å². The summed E-state index contributed by atoms with van der Waals surface area (Å²) in [5.74, 6) is 0.700. The van der Waals surface area contributed by atoms with Gasteiger partial charge in [-0.05, 0) is 47.1 Å². The molecule has 25 heavy (non-hydrogen) atoms. The molecule has 6 nitrogen and oxygen atoms in total.